The molecule has 1 N–H and O–H groups in total. The molecule has 0 aromatic heterocycles. The standard InChI is InChI=1S/C12H13FN2O/c1-16-11-3-2-9(13)6-10(11)15-8-12(7-14)4-5-12/h2-3,6,15H,4-5,8H2,1H3. The van der Waals surface area contributed by atoms with Crippen LogP contribution in [0.15, 0.2) is 18.2 Å². The van der Waals surface area contributed by atoms with Gasteiger partial charge in [0.25, 0.3) is 0 Å². The van der Waals surface area contributed by atoms with Crippen molar-refractivity contribution in [1.29, 1.82) is 5.26 Å². The summed E-state index contributed by atoms with van der Waals surface area (Å²) in [6, 6.07) is 6.58. The molecule has 0 atom stereocenters. The summed E-state index contributed by atoms with van der Waals surface area (Å²) in [7, 11) is 1.54. The molecule has 2 rings (SSSR count). The molecule has 0 aliphatic heterocycles. The lowest BCUT2D eigenvalue weighted by Crippen LogP contribution is -2.14. The third-order valence-corrected chi connectivity index (χ3v) is 2.87. The second kappa shape index (κ2) is 4.01. The van der Waals surface area contributed by atoms with Gasteiger partial charge in [-0.3, -0.25) is 0 Å². The van der Waals surface area contributed by atoms with Crippen molar-refractivity contribution in [2.45, 2.75) is 12.8 Å². The average molecular weight is 220 g/mol. The van der Waals surface area contributed by atoms with Gasteiger partial charge in [-0.15, -0.1) is 0 Å². The van der Waals surface area contributed by atoms with Crippen LogP contribution in [0.2, 0.25) is 0 Å². The maximum atomic E-state index is 13.0. The van der Waals surface area contributed by atoms with E-state index in [1.54, 1.807) is 6.07 Å². The van der Waals surface area contributed by atoms with Crippen LogP contribution in [-0.2, 0) is 0 Å². The summed E-state index contributed by atoms with van der Waals surface area (Å²) < 4.78 is 18.1. The highest BCUT2D eigenvalue weighted by molar-refractivity contribution is 5.56. The smallest absolute Gasteiger partial charge is 0.142 e. The Morgan fingerprint density at radius 2 is 2.31 bits per heavy atom. The van der Waals surface area contributed by atoms with E-state index in [1.807, 2.05) is 0 Å². The molecule has 1 aromatic rings. The third-order valence-electron chi connectivity index (χ3n) is 2.87. The molecule has 0 heterocycles. The number of halogens is 1. The van der Waals surface area contributed by atoms with Gasteiger partial charge in [-0.2, -0.15) is 5.26 Å². The number of rotatable bonds is 4. The van der Waals surface area contributed by atoms with Crippen LogP contribution in [0.25, 0.3) is 0 Å². The topological polar surface area (TPSA) is 45.0 Å². The van der Waals surface area contributed by atoms with E-state index in [0.29, 0.717) is 18.0 Å². The molecule has 1 aromatic carbocycles. The number of hydrogen-bond acceptors (Lipinski definition) is 3. The van der Waals surface area contributed by atoms with E-state index in [0.717, 1.165) is 12.8 Å². The van der Waals surface area contributed by atoms with Crippen molar-refractivity contribution in [3.05, 3.63) is 24.0 Å². The highest BCUT2D eigenvalue weighted by Crippen LogP contribution is 2.45. The van der Waals surface area contributed by atoms with E-state index in [1.165, 1.54) is 19.2 Å². The highest BCUT2D eigenvalue weighted by atomic mass is 19.1. The van der Waals surface area contributed by atoms with Crippen LogP contribution in [0.4, 0.5) is 10.1 Å². The molecule has 1 aliphatic rings. The Kier molecular flexibility index (Phi) is 2.69. The summed E-state index contributed by atoms with van der Waals surface area (Å²) in [6.07, 6.45) is 1.82. The molecule has 1 fully saturated rings. The molecular formula is C12H13FN2O. The fourth-order valence-corrected chi connectivity index (χ4v) is 1.56. The summed E-state index contributed by atoms with van der Waals surface area (Å²) in [5, 5.41) is 12.0. The molecule has 3 nitrogen and oxygen atoms in total. The molecule has 0 unspecified atom stereocenters. The molecule has 16 heavy (non-hydrogen) atoms. The summed E-state index contributed by atoms with van der Waals surface area (Å²) in [5.41, 5.74) is 0.348. The molecule has 0 amide bonds. The Bertz CT molecular complexity index is 435. The molecule has 1 saturated carbocycles. The van der Waals surface area contributed by atoms with Gasteiger partial charge in [-0.05, 0) is 25.0 Å². The number of ether oxygens (including phenoxy) is 1. The number of nitriles is 1. The third kappa shape index (κ3) is 2.08. The summed E-state index contributed by atoms with van der Waals surface area (Å²) in [5.74, 6) is 0.278. The van der Waals surface area contributed by atoms with Gasteiger partial charge in [-0.25, -0.2) is 4.39 Å². The average Bonchev–Trinajstić information content (AvgIpc) is 3.07. The quantitative estimate of drug-likeness (QED) is 0.848. The van der Waals surface area contributed by atoms with E-state index in [2.05, 4.69) is 11.4 Å². The largest absolute Gasteiger partial charge is 0.495 e. The van der Waals surface area contributed by atoms with Crippen LogP contribution in [-0.4, -0.2) is 13.7 Å². The van der Waals surface area contributed by atoms with Gasteiger partial charge in [0.15, 0.2) is 0 Å². The van der Waals surface area contributed by atoms with Crippen molar-refractivity contribution in [3.63, 3.8) is 0 Å². The number of benzene rings is 1. The van der Waals surface area contributed by atoms with Crippen LogP contribution >= 0.6 is 0 Å². The second-order valence-electron chi connectivity index (χ2n) is 4.09. The Hall–Kier alpha value is -1.76. The highest BCUT2D eigenvalue weighted by Gasteiger charge is 2.42. The van der Waals surface area contributed by atoms with Gasteiger partial charge in [0.05, 0.1) is 24.3 Å². The van der Waals surface area contributed by atoms with Crippen molar-refractivity contribution < 1.29 is 9.13 Å². The van der Waals surface area contributed by atoms with Gasteiger partial charge < -0.3 is 10.1 Å². The maximum absolute atomic E-state index is 13.0. The second-order valence-corrected chi connectivity index (χ2v) is 4.09. The van der Waals surface area contributed by atoms with E-state index in [4.69, 9.17) is 10.00 Å². The zero-order chi connectivity index (χ0) is 11.6. The zero-order valence-electron chi connectivity index (χ0n) is 9.09. The van der Waals surface area contributed by atoms with Crippen molar-refractivity contribution in [3.8, 4) is 11.8 Å². The Morgan fingerprint density at radius 1 is 1.56 bits per heavy atom. The molecule has 4 heteroatoms. The van der Waals surface area contributed by atoms with E-state index >= 15 is 0 Å². The first-order valence-corrected chi connectivity index (χ1v) is 5.18. The van der Waals surface area contributed by atoms with Crippen molar-refractivity contribution >= 4 is 5.69 Å². The normalized spacial score (nSPS) is 16.3. The maximum Gasteiger partial charge on any atom is 0.142 e. The summed E-state index contributed by atoms with van der Waals surface area (Å²) in [6.45, 7) is 0.545. The van der Waals surface area contributed by atoms with Crippen molar-refractivity contribution in [1.82, 2.24) is 0 Å². The number of anilines is 1. The minimum absolute atomic E-state index is 0.253. The first-order chi connectivity index (χ1) is 7.69. The molecule has 0 radical (unpaired) electrons. The van der Waals surface area contributed by atoms with E-state index in [-0.39, 0.29) is 11.2 Å². The van der Waals surface area contributed by atoms with Crippen LogP contribution < -0.4 is 10.1 Å². The Labute approximate surface area is 93.8 Å². The van der Waals surface area contributed by atoms with Gasteiger partial charge in [0.2, 0.25) is 0 Å². The number of nitrogens with one attached hydrogen (secondary N) is 1. The zero-order valence-corrected chi connectivity index (χ0v) is 9.09. The van der Waals surface area contributed by atoms with Crippen LogP contribution in [0, 0.1) is 22.6 Å². The van der Waals surface area contributed by atoms with Crippen molar-refractivity contribution in [2.75, 3.05) is 19.0 Å². The minimum Gasteiger partial charge on any atom is -0.495 e. The van der Waals surface area contributed by atoms with Crippen LogP contribution in [0.1, 0.15) is 12.8 Å². The molecule has 0 spiro atoms. The molecule has 1 aliphatic carbocycles. The van der Waals surface area contributed by atoms with Gasteiger partial charge in [0, 0.05) is 12.6 Å². The summed E-state index contributed by atoms with van der Waals surface area (Å²) >= 11 is 0. The Balaban J connectivity index is 2.09. The number of methoxy groups -OCH3 is 1. The molecule has 0 saturated heterocycles. The number of nitrogens with zero attached hydrogens (tertiary/aromatic N) is 1. The molecular weight excluding hydrogens is 207 g/mol. The SMILES string of the molecule is COc1ccc(F)cc1NCC1(C#N)CC1. The minimum atomic E-state index is -0.315. The first kappa shape index (κ1) is 10.7. The number of hydrogen-bond donors (Lipinski definition) is 1. The van der Waals surface area contributed by atoms with Gasteiger partial charge in [0.1, 0.15) is 11.6 Å². The van der Waals surface area contributed by atoms with Gasteiger partial charge in [-0.1, -0.05) is 0 Å². The first-order valence-electron chi connectivity index (χ1n) is 5.18. The van der Waals surface area contributed by atoms with E-state index < -0.39 is 0 Å². The fourth-order valence-electron chi connectivity index (χ4n) is 1.56. The monoisotopic (exact) mass is 220 g/mol. The van der Waals surface area contributed by atoms with Crippen molar-refractivity contribution in [2.24, 2.45) is 5.41 Å². The van der Waals surface area contributed by atoms with Crippen LogP contribution in [0.3, 0.4) is 0 Å². The summed E-state index contributed by atoms with van der Waals surface area (Å²) in [4.78, 5) is 0. The predicted octanol–water partition coefficient (Wildman–Crippen LogP) is 2.55. The fraction of sp³-hybridized carbons (Fsp3) is 0.417. The van der Waals surface area contributed by atoms with Crippen LogP contribution in [0.5, 0.6) is 5.75 Å². The predicted molar refractivity (Wildman–Crippen MR) is 58.7 cm³/mol. The molecule has 84 valence electrons. The lowest BCUT2D eigenvalue weighted by atomic mass is 10.1. The lowest BCUT2D eigenvalue weighted by molar-refractivity contribution is 0.415. The Morgan fingerprint density at radius 3 is 2.88 bits per heavy atom. The molecule has 0 bridgehead atoms. The van der Waals surface area contributed by atoms with E-state index in [9.17, 15) is 4.39 Å². The van der Waals surface area contributed by atoms with Gasteiger partial charge >= 0.3 is 0 Å². The lowest BCUT2D eigenvalue weighted by Gasteiger charge is -2.13.